The molecular weight excluding hydrogens is 593 g/mol. The summed E-state index contributed by atoms with van der Waals surface area (Å²) in [5.74, 6) is 1.37. The van der Waals surface area contributed by atoms with Gasteiger partial charge in [-0.3, -0.25) is 9.54 Å². The summed E-state index contributed by atoms with van der Waals surface area (Å²) in [6.07, 6.45) is 0.233. The fraction of sp³-hybridized carbons (Fsp3) is 0.226. The van der Waals surface area contributed by atoms with Crippen molar-refractivity contribution in [2.24, 2.45) is 0 Å². The number of benzene rings is 2. The average molecular weight is 623 g/mol. The van der Waals surface area contributed by atoms with Gasteiger partial charge >= 0.3 is 6.18 Å². The number of halogens is 3. The summed E-state index contributed by atoms with van der Waals surface area (Å²) >= 11 is 0. The normalized spacial score (nSPS) is 15.1. The lowest BCUT2D eigenvalue weighted by Crippen LogP contribution is -2.28. The van der Waals surface area contributed by atoms with Crippen LogP contribution in [0.2, 0.25) is 0 Å². The van der Waals surface area contributed by atoms with Crippen LogP contribution < -0.4 is 10.2 Å². The molecule has 1 atom stereocenters. The van der Waals surface area contributed by atoms with Gasteiger partial charge in [0.15, 0.2) is 0 Å². The van der Waals surface area contributed by atoms with E-state index in [0.717, 1.165) is 59.4 Å². The fourth-order valence-electron chi connectivity index (χ4n) is 4.83. The van der Waals surface area contributed by atoms with E-state index in [0.29, 0.717) is 17.8 Å². The van der Waals surface area contributed by atoms with E-state index >= 15 is 0 Å². The monoisotopic (exact) mass is 622 g/mol. The third-order valence-electron chi connectivity index (χ3n) is 7.20. The van der Waals surface area contributed by atoms with Crippen molar-refractivity contribution in [3.05, 3.63) is 96.3 Å². The van der Waals surface area contributed by atoms with Crippen LogP contribution in [0.5, 0.6) is 0 Å². The first kappa shape index (κ1) is 30.8. The van der Waals surface area contributed by atoms with Crippen molar-refractivity contribution in [2.45, 2.75) is 43.8 Å². The Morgan fingerprint density at radius 1 is 0.977 bits per heavy atom. The quantitative estimate of drug-likeness (QED) is 0.198. The van der Waals surface area contributed by atoms with Crippen molar-refractivity contribution >= 4 is 38.6 Å². The summed E-state index contributed by atoms with van der Waals surface area (Å²) in [5.41, 5.74) is 2.46. The first-order chi connectivity index (χ1) is 20.9. The molecule has 5 aromatic rings. The average Bonchev–Trinajstić information content (AvgIpc) is 3.44. The summed E-state index contributed by atoms with van der Waals surface area (Å²) in [4.78, 5) is 20.1. The van der Waals surface area contributed by atoms with E-state index in [1.54, 1.807) is 24.4 Å². The van der Waals surface area contributed by atoms with Crippen LogP contribution in [-0.4, -0.2) is 45.5 Å². The van der Waals surface area contributed by atoms with Gasteiger partial charge in [0.2, 0.25) is 5.95 Å². The van der Waals surface area contributed by atoms with Crippen LogP contribution in [0, 0.1) is 6.92 Å². The molecule has 0 radical (unpaired) electrons. The van der Waals surface area contributed by atoms with Crippen LogP contribution in [-0.2, 0) is 16.3 Å². The molecule has 1 aliphatic rings. The van der Waals surface area contributed by atoms with Crippen molar-refractivity contribution in [1.29, 1.82) is 0 Å². The number of hydrogen-bond donors (Lipinski definition) is 2. The van der Waals surface area contributed by atoms with Gasteiger partial charge in [-0.05, 0) is 63.1 Å². The minimum atomic E-state index is -4.44. The largest absolute Gasteiger partial charge is 0.417 e. The summed E-state index contributed by atoms with van der Waals surface area (Å²) in [6, 6.07) is 19.9. The molecule has 3 aromatic heterocycles. The maximum Gasteiger partial charge on any atom is 0.417 e. The number of fused-ring (bicyclic) bond motifs is 1. The first-order valence-corrected chi connectivity index (χ1v) is 15.2. The lowest BCUT2D eigenvalue weighted by Gasteiger charge is -2.24. The molecule has 9 nitrogen and oxygen atoms in total. The standard InChI is InChI=1S/C25H23F3N6.C6H6O3S/c1-15-5-4-12-34(15)24-32-22(18-8-7-17-6-3-11-29-20(17)13-18)16(2)23(33-24)31-21-10-9-19(14-30-21)25(26,27)28;7-10(8,9)6-4-2-1-3-5-6/h3,6-11,13-15H,4-5,12H2,1-2H3,(H,30,31,32,33);1-5H,(H,7,8,9). The highest BCUT2D eigenvalue weighted by atomic mass is 32.2. The van der Waals surface area contributed by atoms with E-state index in [4.69, 9.17) is 14.5 Å². The van der Waals surface area contributed by atoms with Crippen molar-refractivity contribution in [1.82, 2.24) is 19.9 Å². The lowest BCUT2D eigenvalue weighted by molar-refractivity contribution is -0.137. The summed E-state index contributed by atoms with van der Waals surface area (Å²) in [7, 11) is -4.00. The number of nitrogens with one attached hydrogen (secondary N) is 1. The molecular formula is C31H29F3N6O3S. The second-order valence-corrected chi connectivity index (χ2v) is 11.7. The van der Waals surface area contributed by atoms with Crippen LogP contribution in [0.1, 0.15) is 30.9 Å². The third kappa shape index (κ3) is 7.12. The minimum absolute atomic E-state index is 0.0741. The van der Waals surface area contributed by atoms with E-state index in [1.807, 2.05) is 37.3 Å². The number of alkyl halides is 3. The SMILES string of the molecule is Cc1c(Nc2ccc(C(F)(F)F)cn2)nc(N2CCCC2C)nc1-c1ccc2cccnc2c1.O=S(=O)(O)c1ccccc1. The van der Waals surface area contributed by atoms with E-state index in [1.165, 1.54) is 18.2 Å². The molecule has 2 aromatic carbocycles. The Kier molecular flexibility index (Phi) is 8.79. The van der Waals surface area contributed by atoms with E-state index in [2.05, 4.69) is 27.1 Å². The van der Waals surface area contributed by atoms with Gasteiger partial charge in [-0.1, -0.05) is 36.4 Å². The number of nitrogens with zero attached hydrogens (tertiary/aromatic N) is 5. The number of hydrogen-bond acceptors (Lipinski definition) is 8. The predicted octanol–water partition coefficient (Wildman–Crippen LogP) is 7.08. The van der Waals surface area contributed by atoms with Gasteiger partial charge in [0.1, 0.15) is 11.6 Å². The van der Waals surface area contributed by atoms with Gasteiger partial charge in [0.05, 0.1) is 21.7 Å². The lowest BCUT2D eigenvalue weighted by atomic mass is 10.0. The van der Waals surface area contributed by atoms with Gasteiger partial charge in [0, 0.05) is 41.5 Å². The second-order valence-electron chi connectivity index (χ2n) is 10.3. The Morgan fingerprint density at radius 3 is 2.36 bits per heavy atom. The highest BCUT2D eigenvalue weighted by Gasteiger charge is 2.31. The molecule has 0 saturated carbocycles. The Labute approximate surface area is 252 Å². The minimum Gasteiger partial charge on any atom is -0.338 e. The van der Waals surface area contributed by atoms with Gasteiger partial charge in [0.25, 0.3) is 10.1 Å². The molecule has 2 N–H and O–H groups in total. The maximum absolute atomic E-state index is 12.9. The number of rotatable bonds is 5. The smallest absolute Gasteiger partial charge is 0.338 e. The topological polar surface area (TPSA) is 121 Å². The zero-order valence-electron chi connectivity index (χ0n) is 23.8. The zero-order valence-corrected chi connectivity index (χ0v) is 24.6. The molecule has 4 heterocycles. The Morgan fingerprint density at radius 2 is 1.75 bits per heavy atom. The molecule has 1 fully saturated rings. The number of pyridine rings is 2. The van der Waals surface area contributed by atoms with Crippen LogP contribution in [0.4, 0.5) is 30.8 Å². The maximum atomic E-state index is 12.9. The molecule has 228 valence electrons. The van der Waals surface area contributed by atoms with Crippen LogP contribution in [0.15, 0.2) is 90.1 Å². The molecule has 1 unspecified atom stereocenters. The Hall–Kier alpha value is -4.62. The van der Waals surface area contributed by atoms with Crippen LogP contribution in [0.3, 0.4) is 0 Å². The molecule has 44 heavy (non-hydrogen) atoms. The van der Waals surface area contributed by atoms with Crippen molar-refractivity contribution in [3.63, 3.8) is 0 Å². The van der Waals surface area contributed by atoms with Gasteiger partial charge in [-0.25, -0.2) is 9.97 Å². The molecule has 13 heteroatoms. The molecule has 1 saturated heterocycles. The third-order valence-corrected chi connectivity index (χ3v) is 8.07. The highest BCUT2D eigenvalue weighted by molar-refractivity contribution is 7.85. The predicted molar refractivity (Wildman–Crippen MR) is 162 cm³/mol. The Bertz CT molecular complexity index is 1870. The van der Waals surface area contributed by atoms with E-state index in [-0.39, 0.29) is 10.7 Å². The number of anilines is 3. The van der Waals surface area contributed by atoms with Crippen molar-refractivity contribution < 1.29 is 26.1 Å². The molecule has 0 bridgehead atoms. The molecule has 0 amide bonds. The number of aromatic nitrogens is 4. The Balaban J connectivity index is 0.000000328. The molecule has 1 aliphatic heterocycles. The van der Waals surface area contributed by atoms with E-state index < -0.39 is 21.9 Å². The highest BCUT2D eigenvalue weighted by Crippen LogP contribution is 2.34. The second kappa shape index (κ2) is 12.5. The zero-order chi connectivity index (χ0) is 31.5. The van der Waals surface area contributed by atoms with E-state index in [9.17, 15) is 21.6 Å². The first-order valence-electron chi connectivity index (χ1n) is 13.7. The van der Waals surface area contributed by atoms with Crippen LogP contribution in [0.25, 0.3) is 22.2 Å². The fourth-order valence-corrected chi connectivity index (χ4v) is 5.33. The van der Waals surface area contributed by atoms with Gasteiger partial charge in [-0.15, -0.1) is 0 Å². The molecule has 0 aliphatic carbocycles. The summed E-state index contributed by atoms with van der Waals surface area (Å²) < 4.78 is 68.0. The summed E-state index contributed by atoms with van der Waals surface area (Å²) in [5, 5.41) is 4.13. The van der Waals surface area contributed by atoms with Gasteiger partial charge in [-0.2, -0.15) is 26.6 Å². The van der Waals surface area contributed by atoms with Crippen LogP contribution >= 0.6 is 0 Å². The summed E-state index contributed by atoms with van der Waals surface area (Å²) in [6.45, 7) is 4.88. The van der Waals surface area contributed by atoms with Gasteiger partial charge < -0.3 is 10.2 Å². The molecule has 6 rings (SSSR count). The van der Waals surface area contributed by atoms with Crippen molar-refractivity contribution in [3.8, 4) is 11.3 Å². The van der Waals surface area contributed by atoms with Crippen molar-refractivity contribution in [2.75, 3.05) is 16.8 Å². The molecule has 0 spiro atoms.